The Labute approximate surface area is 75.9 Å². The SMILES string of the molecule is N#CC1(Br)CCCC12CCC2. The van der Waals surface area contributed by atoms with Crippen LogP contribution in [0.25, 0.3) is 0 Å². The second-order valence-corrected chi connectivity index (χ2v) is 5.25. The molecule has 2 saturated carbocycles. The molecule has 2 rings (SSSR count). The van der Waals surface area contributed by atoms with Crippen molar-refractivity contribution in [2.24, 2.45) is 5.41 Å². The van der Waals surface area contributed by atoms with Crippen LogP contribution in [0.2, 0.25) is 0 Å². The molecule has 11 heavy (non-hydrogen) atoms. The normalized spacial score (nSPS) is 40.0. The fourth-order valence-electron chi connectivity index (χ4n) is 2.56. The summed E-state index contributed by atoms with van der Waals surface area (Å²) in [4.78, 5) is 0. The van der Waals surface area contributed by atoms with E-state index in [-0.39, 0.29) is 4.32 Å². The topological polar surface area (TPSA) is 23.8 Å². The summed E-state index contributed by atoms with van der Waals surface area (Å²) >= 11 is 3.62. The summed E-state index contributed by atoms with van der Waals surface area (Å²) in [5.41, 5.74) is 0.377. The molecular formula is C9H12BrN. The van der Waals surface area contributed by atoms with Crippen molar-refractivity contribution in [3.63, 3.8) is 0 Å². The van der Waals surface area contributed by atoms with E-state index in [1.807, 2.05) is 0 Å². The summed E-state index contributed by atoms with van der Waals surface area (Å²) in [6.07, 6.45) is 7.43. The molecule has 1 nitrogen and oxygen atoms in total. The number of hydrogen-bond donors (Lipinski definition) is 0. The molecule has 0 aliphatic heterocycles. The lowest BCUT2D eigenvalue weighted by atomic mass is 9.63. The molecule has 2 fully saturated rings. The average Bonchev–Trinajstić information content (AvgIpc) is 2.27. The van der Waals surface area contributed by atoms with Crippen molar-refractivity contribution in [3.05, 3.63) is 0 Å². The fourth-order valence-corrected chi connectivity index (χ4v) is 3.43. The molecule has 0 aromatic heterocycles. The summed E-state index contributed by atoms with van der Waals surface area (Å²) < 4.78 is -0.155. The maximum atomic E-state index is 9.03. The van der Waals surface area contributed by atoms with Crippen molar-refractivity contribution < 1.29 is 0 Å². The molecule has 0 amide bonds. The Kier molecular flexibility index (Phi) is 1.54. The van der Waals surface area contributed by atoms with Gasteiger partial charge in [0.05, 0.1) is 6.07 Å². The molecule has 2 heteroatoms. The van der Waals surface area contributed by atoms with E-state index in [9.17, 15) is 0 Å². The lowest BCUT2D eigenvalue weighted by Gasteiger charge is -2.45. The molecule has 0 heterocycles. The molecule has 0 bridgehead atoms. The predicted octanol–water partition coefficient (Wildman–Crippen LogP) is 3.00. The van der Waals surface area contributed by atoms with Gasteiger partial charge in [0.25, 0.3) is 0 Å². The number of nitriles is 1. The third-order valence-corrected chi connectivity index (χ3v) is 4.92. The molecule has 0 radical (unpaired) electrons. The summed E-state index contributed by atoms with van der Waals surface area (Å²) in [6.45, 7) is 0. The van der Waals surface area contributed by atoms with Crippen LogP contribution in [0.15, 0.2) is 0 Å². The second kappa shape index (κ2) is 2.23. The van der Waals surface area contributed by atoms with Gasteiger partial charge in [0, 0.05) is 0 Å². The minimum Gasteiger partial charge on any atom is -0.197 e. The van der Waals surface area contributed by atoms with Gasteiger partial charge in [-0.15, -0.1) is 0 Å². The molecular weight excluding hydrogens is 202 g/mol. The molecule has 1 unspecified atom stereocenters. The lowest BCUT2D eigenvalue weighted by molar-refractivity contribution is 0.128. The quantitative estimate of drug-likeness (QED) is 0.568. The Morgan fingerprint density at radius 2 is 1.64 bits per heavy atom. The first-order chi connectivity index (χ1) is 5.22. The molecule has 0 N–H and O–H groups in total. The predicted molar refractivity (Wildman–Crippen MR) is 47.4 cm³/mol. The molecule has 2 aliphatic rings. The van der Waals surface area contributed by atoms with Crippen LogP contribution in [-0.4, -0.2) is 4.32 Å². The Morgan fingerprint density at radius 1 is 1.09 bits per heavy atom. The van der Waals surface area contributed by atoms with Gasteiger partial charge in [-0.05, 0) is 31.1 Å². The third kappa shape index (κ3) is 0.810. The van der Waals surface area contributed by atoms with Crippen LogP contribution in [0, 0.1) is 16.7 Å². The van der Waals surface area contributed by atoms with E-state index in [0.717, 1.165) is 6.42 Å². The van der Waals surface area contributed by atoms with E-state index in [0.29, 0.717) is 5.41 Å². The van der Waals surface area contributed by atoms with E-state index in [4.69, 9.17) is 5.26 Å². The molecule has 0 aromatic rings. The van der Waals surface area contributed by atoms with E-state index < -0.39 is 0 Å². The van der Waals surface area contributed by atoms with Crippen molar-refractivity contribution in [3.8, 4) is 6.07 Å². The van der Waals surface area contributed by atoms with Gasteiger partial charge in [-0.2, -0.15) is 5.26 Å². The molecule has 0 aromatic carbocycles. The van der Waals surface area contributed by atoms with Gasteiger partial charge >= 0.3 is 0 Å². The monoisotopic (exact) mass is 213 g/mol. The van der Waals surface area contributed by atoms with Crippen LogP contribution < -0.4 is 0 Å². The Bertz CT molecular complexity index is 214. The highest BCUT2D eigenvalue weighted by molar-refractivity contribution is 9.10. The van der Waals surface area contributed by atoms with E-state index in [2.05, 4.69) is 22.0 Å². The second-order valence-electron chi connectivity index (χ2n) is 3.90. The maximum Gasteiger partial charge on any atom is 0.118 e. The highest BCUT2D eigenvalue weighted by atomic mass is 79.9. The van der Waals surface area contributed by atoms with Crippen LogP contribution in [-0.2, 0) is 0 Å². The first-order valence-electron chi connectivity index (χ1n) is 4.33. The van der Waals surface area contributed by atoms with Gasteiger partial charge in [0.1, 0.15) is 4.32 Å². The van der Waals surface area contributed by atoms with E-state index in [1.54, 1.807) is 0 Å². The molecule has 2 aliphatic carbocycles. The fraction of sp³-hybridized carbons (Fsp3) is 0.889. The maximum absolute atomic E-state index is 9.03. The van der Waals surface area contributed by atoms with Gasteiger partial charge in [-0.1, -0.05) is 28.8 Å². The number of halogens is 1. The van der Waals surface area contributed by atoms with E-state index in [1.165, 1.54) is 32.1 Å². The Hall–Kier alpha value is -0.0300. The summed E-state index contributed by atoms with van der Waals surface area (Å²) in [7, 11) is 0. The Morgan fingerprint density at radius 3 is 2.00 bits per heavy atom. The first-order valence-corrected chi connectivity index (χ1v) is 5.12. The zero-order valence-corrected chi connectivity index (χ0v) is 8.15. The van der Waals surface area contributed by atoms with Crippen molar-refractivity contribution in [1.29, 1.82) is 5.26 Å². The number of rotatable bonds is 0. The van der Waals surface area contributed by atoms with Crippen molar-refractivity contribution in [2.45, 2.75) is 42.8 Å². The summed E-state index contributed by atoms with van der Waals surface area (Å²) in [5.74, 6) is 0. The number of hydrogen-bond acceptors (Lipinski definition) is 1. The average molecular weight is 214 g/mol. The Balaban J connectivity index is 2.27. The van der Waals surface area contributed by atoms with E-state index >= 15 is 0 Å². The smallest absolute Gasteiger partial charge is 0.118 e. The van der Waals surface area contributed by atoms with Crippen molar-refractivity contribution in [1.82, 2.24) is 0 Å². The largest absolute Gasteiger partial charge is 0.197 e. The standard InChI is InChI=1S/C9H12BrN/c10-9(7-11)6-2-5-8(9)3-1-4-8/h1-6H2. The highest BCUT2D eigenvalue weighted by Crippen LogP contribution is 2.62. The third-order valence-electron chi connectivity index (χ3n) is 3.51. The number of nitrogens with zero attached hydrogens (tertiary/aromatic N) is 1. The van der Waals surface area contributed by atoms with Crippen LogP contribution in [0.4, 0.5) is 0 Å². The van der Waals surface area contributed by atoms with Gasteiger partial charge in [0.15, 0.2) is 0 Å². The first kappa shape index (κ1) is 7.61. The zero-order chi connectivity index (χ0) is 7.95. The molecule has 1 atom stereocenters. The minimum absolute atomic E-state index is 0.155. The van der Waals surface area contributed by atoms with Gasteiger partial charge < -0.3 is 0 Å². The molecule has 0 saturated heterocycles. The van der Waals surface area contributed by atoms with Gasteiger partial charge in [-0.3, -0.25) is 0 Å². The van der Waals surface area contributed by atoms with Gasteiger partial charge in [-0.25, -0.2) is 0 Å². The highest BCUT2D eigenvalue weighted by Gasteiger charge is 2.56. The van der Waals surface area contributed by atoms with Crippen LogP contribution >= 0.6 is 15.9 Å². The minimum atomic E-state index is -0.155. The lowest BCUT2D eigenvalue weighted by Crippen LogP contribution is -2.42. The number of alkyl halides is 1. The van der Waals surface area contributed by atoms with Crippen LogP contribution in [0.3, 0.4) is 0 Å². The zero-order valence-electron chi connectivity index (χ0n) is 6.57. The van der Waals surface area contributed by atoms with Crippen LogP contribution in [0.1, 0.15) is 38.5 Å². The van der Waals surface area contributed by atoms with Gasteiger partial charge in [0.2, 0.25) is 0 Å². The van der Waals surface area contributed by atoms with Crippen LogP contribution in [0.5, 0.6) is 0 Å². The molecule has 60 valence electrons. The van der Waals surface area contributed by atoms with Crippen molar-refractivity contribution in [2.75, 3.05) is 0 Å². The van der Waals surface area contributed by atoms with Crippen molar-refractivity contribution >= 4 is 15.9 Å². The summed E-state index contributed by atoms with van der Waals surface area (Å²) in [5, 5.41) is 9.03. The summed E-state index contributed by atoms with van der Waals surface area (Å²) in [6, 6.07) is 2.45. The molecule has 1 spiro atoms.